The van der Waals surface area contributed by atoms with Crippen LogP contribution in [0.3, 0.4) is 0 Å². The first-order chi connectivity index (χ1) is 10.2. The van der Waals surface area contributed by atoms with Gasteiger partial charge in [0, 0.05) is 37.7 Å². The van der Waals surface area contributed by atoms with Crippen molar-refractivity contribution < 1.29 is 4.79 Å². The number of anilines is 1. The van der Waals surface area contributed by atoms with Crippen LogP contribution in [-0.4, -0.2) is 30.4 Å². The van der Waals surface area contributed by atoms with Gasteiger partial charge < -0.3 is 10.2 Å². The number of carbonyl (C=O) groups excluding carboxylic acids is 1. The number of hydrogen-bond donors (Lipinski definition) is 1. The molecule has 0 saturated carbocycles. The normalized spacial score (nSPS) is 23.0. The fourth-order valence-corrected chi connectivity index (χ4v) is 3.85. The molecule has 2 aliphatic heterocycles. The summed E-state index contributed by atoms with van der Waals surface area (Å²) in [7, 11) is 0. The molecule has 1 aromatic carbocycles. The molecule has 0 bridgehead atoms. The Bertz CT molecular complexity index is 522. The predicted octanol–water partition coefficient (Wildman–Crippen LogP) is 3.62. The zero-order valence-corrected chi connectivity index (χ0v) is 13.2. The van der Waals surface area contributed by atoms with Crippen LogP contribution in [0.1, 0.15) is 51.0 Å². The van der Waals surface area contributed by atoms with Gasteiger partial charge in [-0.3, -0.25) is 4.79 Å². The maximum absolute atomic E-state index is 12.6. The monoisotopic (exact) mass is 286 g/mol. The van der Waals surface area contributed by atoms with Gasteiger partial charge in [-0.1, -0.05) is 32.0 Å². The molecule has 1 saturated heterocycles. The number of nitrogens with zero attached hydrogens (tertiary/aromatic N) is 1. The topological polar surface area (TPSA) is 32.3 Å². The van der Waals surface area contributed by atoms with Gasteiger partial charge in [0.15, 0.2) is 0 Å². The average molecular weight is 286 g/mol. The van der Waals surface area contributed by atoms with Crippen molar-refractivity contribution >= 4 is 11.6 Å². The molecule has 2 heterocycles. The summed E-state index contributed by atoms with van der Waals surface area (Å²) < 4.78 is 0. The Hall–Kier alpha value is -1.51. The van der Waals surface area contributed by atoms with Crippen molar-refractivity contribution in [2.45, 2.75) is 45.4 Å². The highest BCUT2D eigenvalue weighted by Gasteiger charge is 2.37. The van der Waals surface area contributed by atoms with Gasteiger partial charge >= 0.3 is 0 Å². The Balaban J connectivity index is 1.64. The third-order valence-electron chi connectivity index (χ3n) is 5.65. The van der Waals surface area contributed by atoms with E-state index < -0.39 is 0 Å². The quantitative estimate of drug-likeness (QED) is 0.916. The van der Waals surface area contributed by atoms with Crippen LogP contribution < -0.4 is 5.32 Å². The Morgan fingerprint density at radius 2 is 2.10 bits per heavy atom. The van der Waals surface area contributed by atoms with Gasteiger partial charge in [-0.05, 0) is 36.3 Å². The molecule has 1 unspecified atom stereocenters. The first kappa shape index (κ1) is 14.4. The SMILES string of the molecule is CCC1(CC)CCN(C(=O)CC2CNc3ccccc32)C1. The van der Waals surface area contributed by atoms with Gasteiger partial charge in [0.05, 0.1) is 0 Å². The number of amides is 1. The second-order valence-electron chi connectivity index (χ2n) is 6.64. The Labute approximate surface area is 127 Å². The van der Waals surface area contributed by atoms with Crippen LogP contribution in [0.25, 0.3) is 0 Å². The third-order valence-corrected chi connectivity index (χ3v) is 5.65. The van der Waals surface area contributed by atoms with E-state index >= 15 is 0 Å². The van der Waals surface area contributed by atoms with E-state index in [4.69, 9.17) is 0 Å². The lowest BCUT2D eigenvalue weighted by Crippen LogP contribution is -2.32. The van der Waals surface area contributed by atoms with E-state index in [2.05, 4.69) is 42.3 Å². The number of benzene rings is 1. The smallest absolute Gasteiger partial charge is 0.223 e. The predicted molar refractivity (Wildman–Crippen MR) is 86.5 cm³/mol. The maximum atomic E-state index is 12.6. The molecule has 0 spiro atoms. The molecule has 1 amide bonds. The number of para-hydroxylation sites is 1. The summed E-state index contributed by atoms with van der Waals surface area (Å²) in [6.07, 6.45) is 4.18. The highest BCUT2D eigenvalue weighted by Crippen LogP contribution is 2.39. The van der Waals surface area contributed by atoms with Gasteiger partial charge in [-0.2, -0.15) is 0 Å². The average Bonchev–Trinajstić information content (AvgIpc) is 3.13. The third kappa shape index (κ3) is 2.66. The number of likely N-dealkylation sites (tertiary alicyclic amines) is 1. The lowest BCUT2D eigenvalue weighted by molar-refractivity contribution is -0.130. The van der Waals surface area contributed by atoms with Crippen LogP contribution in [0.5, 0.6) is 0 Å². The zero-order chi connectivity index (χ0) is 14.9. The van der Waals surface area contributed by atoms with Crippen molar-refractivity contribution in [2.75, 3.05) is 25.0 Å². The summed E-state index contributed by atoms with van der Waals surface area (Å²) in [5, 5.41) is 3.41. The van der Waals surface area contributed by atoms with E-state index in [9.17, 15) is 4.79 Å². The molecular weight excluding hydrogens is 260 g/mol. The van der Waals surface area contributed by atoms with Crippen LogP contribution >= 0.6 is 0 Å². The standard InChI is InChI=1S/C18H26N2O/c1-3-18(4-2)9-10-20(13-18)17(21)11-14-12-19-16-8-6-5-7-15(14)16/h5-8,14,19H,3-4,9-13H2,1-2H3. The van der Waals surface area contributed by atoms with Crippen LogP contribution in [0.15, 0.2) is 24.3 Å². The molecule has 21 heavy (non-hydrogen) atoms. The van der Waals surface area contributed by atoms with Crippen molar-refractivity contribution in [1.82, 2.24) is 4.90 Å². The first-order valence-corrected chi connectivity index (χ1v) is 8.28. The maximum Gasteiger partial charge on any atom is 0.223 e. The Kier molecular flexibility index (Phi) is 3.92. The molecule has 3 heteroatoms. The molecule has 3 nitrogen and oxygen atoms in total. The highest BCUT2D eigenvalue weighted by molar-refractivity contribution is 5.78. The first-order valence-electron chi connectivity index (χ1n) is 8.28. The molecule has 0 radical (unpaired) electrons. The molecular formula is C18H26N2O. The molecule has 1 atom stereocenters. The lowest BCUT2D eigenvalue weighted by atomic mass is 9.82. The summed E-state index contributed by atoms with van der Waals surface area (Å²) >= 11 is 0. The summed E-state index contributed by atoms with van der Waals surface area (Å²) in [6.45, 7) is 7.32. The van der Waals surface area contributed by atoms with Gasteiger partial charge in [-0.25, -0.2) is 0 Å². The molecule has 0 aromatic heterocycles. The van der Waals surface area contributed by atoms with E-state index in [0.29, 0.717) is 23.7 Å². The molecule has 114 valence electrons. The summed E-state index contributed by atoms with van der Waals surface area (Å²) in [5.74, 6) is 0.675. The largest absolute Gasteiger partial charge is 0.384 e. The molecule has 1 fully saturated rings. The van der Waals surface area contributed by atoms with E-state index in [1.807, 2.05) is 6.07 Å². The number of carbonyl (C=O) groups is 1. The lowest BCUT2D eigenvalue weighted by Gasteiger charge is -2.26. The van der Waals surface area contributed by atoms with Gasteiger partial charge in [0.2, 0.25) is 5.91 Å². The van der Waals surface area contributed by atoms with Crippen molar-refractivity contribution in [2.24, 2.45) is 5.41 Å². The molecule has 3 rings (SSSR count). The van der Waals surface area contributed by atoms with Crippen molar-refractivity contribution in [3.63, 3.8) is 0 Å². The zero-order valence-electron chi connectivity index (χ0n) is 13.2. The summed E-state index contributed by atoms with van der Waals surface area (Å²) in [5.41, 5.74) is 2.89. The van der Waals surface area contributed by atoms with Crippen molar-refractivity contribution in [3.8, 4) is 0 Å². The van der Waals surface area contributed by atoms with E-state index in [1.54, 1.807) is 0 Å². The second-order valence-corrected chi connectivity index (χ2v) is 6.64. The van der Waals surface area contributed by atoms with Crippen LogP contribution in [0.4, 0.5) is 5.69 Å². The minimum Gasteiger partial charge on any atom is -0.384 e. The van der Waals surface area contributed by atoms with E-state index in [0.717, 1.165) is 19.6 Å². The van der Waals surface area contributed by atoms with Crippen molar-refractivity contribution in [1.29, 1.82) is 0 Å². The van der Waals surface area contributed by atoms with Crippen LogP contribution in [0.2, 0.25) is 0 Å². The molecule has 1 N–H and O–H groups in total. The van der Waals surface area contributed by atoms with Gasteiger partial charge in [0.1, 0.15) is 0 Å². The number of hydrogen-bond acceptors (Lipinski definition) is 2. The second kappa shape index (κ2) is 5.70. The van der Waals surface area contributed by atoms with E-state index in [-0.39, 0.29) is 0 Å². The fourth-order valence-electron chi connectivity index (χ4n) is 3.85. The number of rotatable bonds is 4. The molecule has 0 aliphatic carbocycles. The van der Waals surface area contributed by atoms with Crippen LogP contribution in [-0.2, 0) is 4.79 Å². The highest BCUT2D eigenvalue weighted by atomic mass is 16.2. The summed E-state index contributed by atoms with van der Waals surface area (Å²) in [6, 6.07) is 8.38. The fraction of sp³-hybridized carbons (Fsp3) is 0.611. The minimum atomic E-state index is 0.335. The van der Waals surface area contributed by atoms with E-state index in [1.165, 1.54) is 30.5 Å². The van der Waals surface area contributed by atoms with Gasteiger partial charge in [0.25, 0.3) is 0 Å². The van der Waals surface area contributed by atoms with Crippen LogP contribution in [0, 0.1) is 5.41 Å². The molecule has 2 aliphatic rings. The number of fused-ring (bicyclic) bond motifs is 1. The summed E-state index contributed by atoms with van der Waals surface area (Å²) in [4.78, 5) is 14.7. The Morgan fingerprint density at radius 3 is 2.81 bits per heavy atom. The van der Waals surface area contributed by atoms with Gasteiger partial charge in [-0.15, -0.1) is 0 Å². The van der Waals surface area contributed by atoms with Crippen molar-refractivity contribution in [3.05, 3.63) is 29.8 Å². The Morgan fingerprint density at radius 1 is 1.33 bits per heavy atom. The minimum absolute atomic E-state index is 0.335. The number of nitrogens with one attached hydrogen (secondary N) is 1. The molecule has 1 aromatic rings.